The van der Waals surface area contributed by atoms with E-state index in [1.54, 1.807) is 6.92 Å². The van der Waals surface area contributed by atoms with Crippen molar-refractivity contribution < 1.29 is 13.6 Å². The third-order valence-corrected chi connectivity index (χ3v) is 2.01. The van der Waals surface area contributed by atoms with Crippen molar-refractivity contribution in [2.24, 2.45) is 5.92 Å². The van der Waals surface area contributed by atoms with Crippen LogP contribution in [-0.2, 0) is 9.53 Å². The van der Waals surface area contributed by atoms with Crippen LogP contribution in [0.2, 0.25) is 0 Å². The van der Waals surface area contributed by atoms with Gasteiger partial charge in [-0.1, -0.05) is 6.92 Å². The largest absolute Gasteiger partial charge is 0.469 e. The minimum Gasteiger partial charge on any atom is -0.469 e. The standard InChI is InChI=1S/C6H12O2S.C4H7NS.C3H5N.H2S/c1-5(3-4-9)6(7)8-2;1-5-3-2-4-6;1-3-4-2;/h5,9H,3-4H2,1-2H3;6H,2-4H2;3H2,1H3;1H2/t5-;;;/m0.../s1/i2*4T;1T;/hT/t4?,5-;;;. The van der Waals surface area contributed by atoms with Crippen molar-refractivity contribution in [1.29, 1.82) is 1.12 Å². The summed E-state index contributed by atoms with van der Waals surface area (Å²) in [4.78, 5) is 16.7. The van der Waals surface area contributed by atoms with Crippen LogP contribution in [0.3, 0.4) is 0 Å². The number of rotatable bonds is 5. The highest BCUT2D eigenvalue weighted by atomic mass is 32.1. The quantitative estimate of drug-likeness (QED) is 0.455. The van der Waals surface area contributed by atoms with Gasteiger partial charge in [0.05, 0.1) is 14.2 Å². The minimum absolute atomic E-state index is 0.218. The van der Waals surface area contributed by atoms with E-state index in [2.05, 4.69) is 53.1 Å². The Morgan fingerprint density at radius 3 is 2.25 bits per heavy atom. The zero-order valence-corrected chi connectivity index (χ0v) is 14.5. The van der Waals surface area contributed by atoms with Crippen LogP contribution in [-0.4, -0.2) is 38.8 Å². The summed E-state index contributed by atoms with van der Waals surface area (Å²) in [7, 11) is 1.34. The summed E-state index contributed by atoms with van der Waals surface area (Å²) >= 11 is 10.4. The highest BCUT2D eigenvalue weighted by molar-refractivity contribution is 7.80. The average molecular weight is 347 g/mol. The summed E-state index contributed by atoms with van der Waals surface area (Å²) in [6, 6.07) is 0. The molecule has 0 spiro atoms. The summed E-state index contributed by atoms with van der Waals surface area (Å²) < 4.78 is 30.1. The van der Waals surface area contributed by atoms with Gasteiger partial charge < -0.3 is 14.4 Å². The molecule has 4 nitrogen and oxygen atoms in total. The van der Waals surface area contributed by atoms with Crippen LogP contribution in [0.15, 0.2) is 0 Å². The number of carbonyl (C=O) groups excluding carboxylic acids is 1. The first kappa shape index (κ1) is 17.6. The van der Waals surface area contributed by atoms with Crippen LogP contribution in [0, 0.1) is 19.1 Å². The number of carbonyl (C=O) groups is 1. The molecule has 0 heterocycles. The Labute approximate surface area is 146 Å². The molecule has 0 radical (unpaired) electrons. The third kappa shape index (κ3) is 30.5. The van der Waals surface area contributed by atoms with Crippen molar-refractivity contribution in [3.05, 3.63) is 22.8 Å². The molecule has 0 aromatic heterocycles. The first-order chi connectivity index (χ1) is 11.3. The Balaban J connectivity index is -0.000000125. The summed E-state index contributed by atoms with van der Waals surface area (Å²) in [6.07, 6.45) is 1.02. The number of methoxy groups -OCH3 is 1. The molecule has 0 aliphatic heterocycles. The molecule has 0 saturated heterocycles. The SMILES string of the molecule is [3H]C(S)CC[N+]#[C-].[3H]C(S)C[C@H](C)C(=O)OC.[3H]CC[N+]#[C-].[3H]S. The van der Waals surface area contributed by atoms with Crippen LogP contribution in [0.1, 0.15) is 30.8 Å². The van der Waals surface area contributed by atoms with Crippen LogP contribution in [0.5, 0.6) is 0 Å². The normalized spacial score (nSPS) is 14.6. The lowest BCUT2D eigenvalue weighted by molar-refractivity contribution is -0.144. The summed E-state index contributed by atoms with van der Waals surface area (Å²) in [5, 5.41) is 0. The molecule has 7 heteroatoms. The number of nitrogens with zero attached hydrogens (tertiary/aromatic N) is 2. The molecule has 0 amide bonds. The second-order valence-electron chi connectivity index (χ2n) is 3.08. The van der Waals surface area contributed by atoms with Gasteiger partial charge in [0, 0.05) is 17.4 Å². The predicted molar refractivity (Wildman–Crippen MR) is 97.1 cm³/mol. The van der Waals surface area contributed by atoms with Gasteiger partial charge in [-0.05, 0) is 17.9 Å². The Hall–Kier alpha value is -0.500. The third-order valence-electron chi connectivity index (χ3n) is 1.54. The van der Waals surface area contributed by atoms with Crippen LogP contribution >= 0.6 is 38.7 Å². The molecule has 0 bridgehead atoms. The Bertz CT molecular complexity index is 351. The van der Waals surface area contributed by atoms with Crippen molar-refractivity contribution in [2.75, 3.05) is 31.7 Å². The maximum absolute atomic E-state index is 10.7. The van der Waals surface area contributed by atoms with E-state index in [4.69, 9.17) is 18.4 Å². The van der Waals surface area contributed by atoms with Gasteiger partial charge in [0.15, 0.2) is 0 Å². The molecule has 0 aromatic rings. The fourth-order valence-electron chi connectivity index (χ4n) is 0.578. The molecule has 0 saturated carbocycles. The number of ether oxygens (including phenoxy) is 1. The second-order valence-corrected chi connectivity index (χ2v) is 3.81. The molecule has 0 aromatic carbocycles. The van der Waals surface area contributed by atoms with Gasteiger partial charge in [-0.25, -0.2) is 13.1 Å². The molecule has 0 aliphatic carbocycles. The minimum atomic E-state index is -0.492. The van der Waals surface area contributed by atoms with E-state index in [-0.39, 0.29) is 24.5 Å². The monoisotopic (exact) mass is 346 g/mol. The molecule has 0 aliphatic rings. The molecule has 20 heavy (non-hydrogen) atoms. The Kier molecular flexibility index (Phi) is 23.6. The fraction of sp³-hybridized carbons (Fsp3) is 0.769. The van der Waals surface area contributed by atoms with E-state index in [0.717, 1.165) is 0 Å². The van der Waals surface area contributed by atoms with Gasteiger partial charge in [0.2, 0.25) is 13.1 Å². The van der Waals surface area contributed by atoms with Crippen molar-refractivity contribution in [1.82, 2.24) is 0 Å². The maximum atomic E-state index is 10.7. The zero-order valence-electron chi connectivity index (χ0n) is 15.8. The van der Waals surface area contributed by atoms with E-state index >= 15 is 0 Å². The first-order valence-corrected chi connectivity index (χ1v) is 6.54. The number of hydrogen-bond donors (Lipinski definition) is 2. The zero-order chi connectivity index (χ0) is 20.0. The highest BCUT2D eigenvalue weighted by Gasteiger charge is 2.10. The lowest BCUT2D eigenvalue weighted by Gasteiger charge is -2.04. The van der Waals surface area contributed by atoms with Crippen LogP contribution < -0.4 is 0 Å². The second kappa shape index (κ2) is 26.9. The number of thiol groups is 2. The van der Waals surface area contributed by atoms with E-state index in [1.807, 2.05) is 0 Å². The Morgan fingerprint density at radius 2 is 2.05 bits per heavy atom. The highest BCUT2D eigenvalue weighted by Crippen LogP contribution is 2.03. The lowest BCUT2D eigenvalue weighted by atomic mass is 10.1. The van der Waals surface area contributed by atoms with E-state index < -0.39 is 5.73 Å². The topological polar surface area (TPSA) is 35.0 Å². The van der Waals surface area contributed by atoms with Crippen molar-refractivity contribution in [3.8, 4) is 0 Å². The summed E-state index contributed by atoms with van der Waals surface area (Å²) in [5.41, 5.74) is -0.858. The van der Waals surface area contributed by atoms with Gasteiger partial charge in [0.25, 0.3) is 0 Å². The summed E-state index contributed by atoms with van der Waals surface area (Å²) in [6.45, 7) is 15.2. The Morgan fingerprint density at radius 1 is 1.45 bits per heavy atom. The van der Waals surface area contributed by atoms with Gasteiger partial charge >= 0.3 is 5.97 Å². The van der Waals surface area contributed by atoms with Gasteiger partial charge in [0.1, 0.15) is 0 Å². The average Bonchev–Trinajstić information content (AvgIpc) is 2.55. The van der Waals surface area contributed by atoms with Crippen molar-refractivity contribution in [3.63, 3.8) is 0 Å². The molecule has 3 atom stereocenters. The predicted octanol–water partition coefficient (Wildman–Crippen LogP) is 3.38. The van der Waals surface area contributed by atoms with E-state index in [0.29, 0.717) is 25.9 Å². The van der Waals surface area contributed by atoms with Crippen molar-refractivity contribution >= 4 is 44.6 Å². The van der Waals surface area contributed by atoms with Gasteiger partial charge in [-0.15, -0.1) is 0 Å². The van der Waals surface area contributed by atoms with E-state index in [9.17, 15) is 4.79 Å². The number of esters is 1. The van der Waals surface area contributed by atoms with Crippen LogP contribution in [0.4, 0.5) is 0 Å². The fourth-order valence-corrected chi connectivity index (χ4v) is 1.01. The van der Waals surface area contributed by atoms with Crippen LogP contribution in [0.25, 0.3) is 9.69 Å². The molecule has 0 rings (SSSR count). The molecular formula is C13H26N2O2S3. The molecular weight excluding hydrogens is 312 g/mol. The summed E-state index contributed by atoms with van der Waals surface area (Å²) in [5.74, 6) is -0.490. The van der Waals surface area contributed by atoms with E-state index in [1.165, 1.54) is 7.11 Å². The number of hydrogen-bond acceptors (Lipinski definition) is 4. The van der Waals surface area contributed by atoms with Crippen molar-refractivity contribution in [2.45, 2.75) is 26.7 Å². The first-order valence-electron chi connectivity index (χ1n) is 7.81. The molecule has 2 unspecified atom stereocenters. The van der Waals surface area contributed by atoms with Gasteiger partial charge in [-0.3, -0.25) is 4.79 Å². The maximum Gasteiger partial charge on any atom is 0.308 e. The molecule has 0 N–H and O–H groups in total. The smallest absolute Gasteiger partial charge is 0.308 e. The van der Waals surface area contributed by atoms with Gasteiger partial charge in [-0.2, -0.15) is 38.7 Å². The lowest BCUT2D eigenvalue weighted by Crippen LogP contribution is -2.12. The molecule has 0 fully saturated rings. The molecule has 118 valence electrons.